The molecule has 1 amide bonds. The number of hydrogen-bond acceptors (Lipinski definition) is 6. The van der Waals surface area contributed by atoms with Crippen LogP contribution in [0.2, 0.25) is 0 Å². The van der Waals surface area contributed by atoms with E-state index in [-0.39, 0.29) is 50.2 Å². The molecule has 0 unspecified atom stereocenters. The number of halogens is 3. The van der Waals surface area contributed by atoms with Gasteiger partial charge in [-0.2, -0.15) is 23.0 Å². The Labute approximate surface area is 199 Å². The van der Waals surface area contributed by atoms with Gasteiger partial charge in [-0.25, -0.2) is 13.4 Å². The number of hydrogen-bond donors (Lipinski definition) is 1. The third-order valence-corrected chi connectivity index (χ3v) is 7.83. The largest absolute Gasteiger partial charge is 0.416 e. The lowest BCUT2D eigenvalue weighted by atomic mass is 9.64. The first kappa shape index (κ1) is 24.8. The quantitative estimate of drug-likeness (QED) is 0.558. The maximum atomic E-state index is 13.2. The molecule has 0 atom stereocenters. The van der Waals surface area contributed by atoms with Crippen molar-refractivity contribution in [1.29, 1.82) is 0 Å². The molecular weight excluding hydrogens is 485 g/mol. The number of sulfone groups is 1. The van der Waals surface area contributed by atoms with Gasteiger partial charge in [-0.1, -0.05) is 26.8 Å². The smallest absolute Gasteiger partial charge is 0.324 e. The van der Waals surface area contributed by atoms with E-state index in [1.807, 2.05) is 13.8 Å². The first-order valence-electron chi connectivity index (χ1n) is 10.9. The number of nitrogens with zero attached hydrogens (tertiary/aromatic N) is 3. The van der Waals surface area contributed by atoms with Gasteiger partial charge in [0.15, 0.2) is 15.7 Å². The Hall–Kier alpha value is -3.28. The molecule has 1 aliphatic rings. The van der Waals surface area contributed by atoms with E-state index in [9.17, 15) is 31.2 Å². The zero-order valence-corrected chi connectivity index (χ0v) is 20.0. The van der Waals surface area contributed by atoms with Gasteiger partial charge < -0.3 is 5.32 Å². The normalized spacial score (nSPS) is 16.2. The Morgan fingerprint density at radius 3 is 2.49 bits per heavy atom. The standard InChI is InChI=1S/C23H23F3N4O4S/c1-4-35(33,34)18-8-16(29-20(31)14-9-22(2,3)10-14)12-27-19(18)30-21(32)17-7-15(23(24,25)26)6-5-13(17)11-28-30/h5-8,11-12,14H,4,9-10H2,1-3H3,(H,29,31). The van der Waals surface area contributed by atoms with Crippen LogP contribution < -0.4 is 10.9 Å². The Balaban J connectivity index is 1.80. The van der Waals surface area contributed by atoms with Gasteiger partial charge in [-0.3, -0.25) is 9.59 Å². The van der Waals surface area contributed by atoms with Crippen LogP contribution in [0.5, 0.6) is 0 Å². The molecule has 1 N–H and O–H groups in total. The lowest BCUT2D eigenvalue weighted by Crippen LogP contribution is -2.39. The summed E-state index contributed by atoms with van der Waals surface area (Å²) in [5, 5.41) is 6.48. The minimum Gasteiger partial charge on any atom is -0.324 e. The van der Waals surface area contributed by atoms with E-state index in [1.165, 1.54) is 19.2 Å². The number of anilines is 1. The average molecular weight is 509 g/mol. The van der Waals surface area contributed by atoms with Crippen LogP contribution >= 0.6 is 0 Å². The molecule has 2 aromatic heterocycles. The molecular formula is C23H23F3N4O4S. The third kappa shape index (κ3) is 4.79. The maximum absolute atomic E-state index is 13.2. The van der Waals surface area contributed by atoms with E-state index in [1.54, 1.807) is 0 Å². The molecule has 0 aliphatic heterocycles. The Morgan fingerprint density at radius 2 is 1.89 bits per heavy atom. The second-order valence-corrected chi connectivity index (χ2v) is 11.6. The van der Waals surface area contributed by atoms with Crippen LogP contribution in [0, 0.1) is 11.3 Å². The molecule has 1 fully saturated rings. The van der Waals surface area contributed by atoms with E-state index in [2.05, 4.69) is 15.4 Å². The fourth-order valence-corrected chi connectivity index (χ4v) is 5.26. The zero-order valence-electron chi connectivity index (χ0n) is 19.2. The molecule has 0 spiro atoms. The highest BCUT2D eigenvalue weighted by molar-refractivity contribution is 7.91. The predicted molar refractivity (Wildman–Crippen MR) is 123 cm³/mol. The number of alkyl halides is 3. The Bertz CT molecular complexity index is 1490. The third-order valence-electron chi connectivity index (χ3n) is 6.10. The molecule has 3 aromatic rings. The lowest BCUT2D eigenvalue weighted by Gasteiger charge is -2.41. The molecule has 35 heavy (non-hydrogen) atoms. The minimum atomic E-state index is -4.67. The van der Waals surface area contributed by atoms with E-state index in [0.29, 0.717) is 23.6 Å². The van der Waals surface area contributed by atoms with Gasteiger partial charge in [0.05, 0.1) is 34.8 Å². The van der Waals surface area contributed by atoms with Crippen molar-refractivity contribution in [1.82, 2.24) is 14.8 Å². The summed E-state index contributed by atoms with van der Waals surface area (Å²) in [6.45, 7) is 5.49. The van der Waals surface area contributed by atoms with E-state index in [0.717, 1.165) is 18.3 Å². The van der Waals surface area contributed by atoms with Crippen molar-refractivity contribution in [3.8, 4) is 5.82 Å². The molecule has 4 rings (SSSR count). The van der Waals surface area contributed by atoms with Crippen molar-refractivity contribution in [3.05, 3.63) is 52.6 Å². The lowest BCUT2D eigenvalue weighted by molar-refractivity contribution is -0.137. The number of amides is 1. The number of carbonyl (C=O) groups excluding carboxylic acids is 1. The summed E-state index contributed by atoms with van der Waals surface area (Å²) < 4.78 is 65.8. The van der Waals surface area contributed by atoms with Crippen LogP contribution in [0.3, 0.4) is 0 Å². The number of carbonyl (C=O) groups is 1. The highest BCUT2D eigenvalue weighted by Gasteiger charge is 2.40. The molecule has 2 heterocycles. The predicted octanol–water partition coefficient (Wildman–Crippen LogP) is 3.97. The topological polar surface area (TPSA) is 111 Å². The van der Waals surface area contributed by atoms with Crippen molar-refractivity contribution in [3.63, 3.8) is 0 Å². The highest BCUT2D eigenvalue weighted by Crippen LogP contribution is 2.45. The molecule has 1 aliphatic carbocycles. The zero-order chi connectivity index (χ0) is 25.8. The number of nitrogens with one attached hydrogen (secondary N) is 1. The average Bonchev–Trinajstić information content (AvgIpc) is 2.77. The summed E-state index contributed by atoms with van der Waals surface area (Å²) >= 11 is 0. The van der Waals surface area contributed by atoms with Crippen LogP contribution in [0.25, 0.3) is 16.6 Å². The maximum Gasteiger partial charge on any atom is 0.416 e. The molecule has 0 bridgehead atoms. The number of fused-ring (bicyclic) bond motifs is 1. The number of aromatic nitrogens is 3. The molecule has 0 radical (unpaired) electrons. The van der Waals surface area contributed by atoms with Gasteiger partial charge in [-0.15, -0.1) is 0 Å². The summed E-state index contributed by atoms with van der Waals surface area (Å²) in [6, 6.07) is 3.83. The van der Waals surface area contributed by atoms with Crippen LogP contribution in [0.4, 0.5) is 18.9 Å². The Kier molecular flexibility index (Phi) is 5.98. The number of benzene rings is 1. The van der Waals surface area contributed by atoms with Gasteiger partial charge in [0, 0.05) is 11.3 Å². The fourth-order valence-electron chi connectivity index (χ4n) is 4.22. The summed E-state index contributed by atoms with van der Waals surface area (Å²) in [7, 11) is -3.96. The minimum absolute atomic E-state index is 0.0652. The van der Waals surface area contributed by atoms with Crippen molar-refractivity contribution in [2.75, 3.05) is 11.1 Å². The molecule has 1 aromatic carbocycles. The fraction of sp³-hybridized carbons (Fsp3) is 0.391. The summed E-state index contributed by atoms with van der Waals surface area (Å²) in [5.74, 6) is -1.17. The second-order valence-electron chi connectivity index (χ2n) is 9.37. The van der Waals surface area contributed by atoms with Crippen molar-refractivity contribution in [2.45, 2.75) is 44.7 Å². The SMILES string of the molecule is CCS(=O)(=O)c1cc(NC(=O)C2CC(C)(C)C2)cnc1-n1ncc2ccc(C(F)(F)F)cc2c1=O. The monoisotopic (exact) mass is 508 g/mol. The van der Waals surface area contributed by atoms with Gasteiger partial charge in [0.2, 0.25) is 5.91 Å². The van der Waals surface area contributed by atoms with Gasteiger partial charge in [0.25, 0.3) is 5.56 Å². The summed E-state index contributed by atoms with van der Waals surface area (Å²) in [4.78, 5) is 29.3. The molecule has 186 valence electrons. The van der Waals surface area contributed by atoms with E-state index >= 15 is 0 Å². The Morgan fingerprint density at radius 1 is 1.20 bits per heavy atom. The van der Waals surface area contributed by atoms with Crippen molar-refractivity contribution >= 4 is 32.2 Å². The number of rotatable bonds is 5. The van der Waals surface area contributed by atoms with E-state index < -0.39 is 27.1 Å². The highest BCUT2D eigenvalue weighted by atomic mass is 32.2. The van der Waals surface area contributed by atoms with Crippen LogP contribution in [-0.2, 0) is 20.8 Å². The van der Waals surface area contributed by atoms with Gasteiger partial charge in [0.1, 0.15) is 4.90 Å². The number of pyridine rings is 1. The van der Waals surface area contributed by atoms with Crippen LogP contribution in [-0.4, -0.2) is 34.8 Å². The summed E-state index contributed by atoms with van der Waals surface area (Å²) in [5.41, 5.74) is -1.78. The summed E-state index contributed by atoms with van der Waals surface area (Å²) in [6.07, 6.45) is -0.925. The first-order chi connectivity index (χ1) is 16.2. The van der Waals surface area contributed by atoms with Crippen LogP contribution in [0.1, 0.15) is 39.2 Å². The van der Waals surface area contributed by atoms with Gasteiger partial charge >= 0.3 is 6.18 Å². The molecule has 0 saturated heterocycles. The van der Waals surface area contributed by atoms with Gasteiger partial charge in [-0.05, 0) is 36.5 Å². The van der Waals surface area contributed by atoms with Crippen LogP contribution in [0.15, 0.2) is 46.3 Å². The second kappa shape index (κ2) is 8.43. The molecule has 8 nitrogen and oxygen atoms in total. The molecule has 1 saturated carbocycles. The first-order valence-corrected chi connectivity index (χ1v) is 12.5. The molecule has 12 heteroatoms. The van der Waals surface area contributed by atoms with Crippen molar-refractivity contribution < 1.29 is 26.4 Å². The van der Waals surface area contributed by atoms with E-state index in [4.69, 9.17) is 0 Å². The van der Waals surface area contributed by atoms with Crippen molar-refractivity contribution in [2.24, 2.45) is 11.3 Å².